The van der Waals surface area contributed by atoms with Crippen LogP contribution in [0.2, 0.25) is 23.2 Å². The molecule has 2 aromatic carbocycles. The lowest BCUT2D eigenvalue weighted by Gasteiger charge is -2.36. The Kier molecular flexibility index (Phi) is 7.43. The fraction of sp³-hybridized carbons (Fsp3) is 0.455. The molecule has 0 saturated heterocycles. The van der Waals surface area contributed by atoms with Crippen molar-refractivity contribution in [3.63, 3.8) is 0 Å². The first kappa shape index (κ1) is 22.6. The number of anilines is 1. The third-order valence-electron chi connectivity index (χ3n) is 5.25. The molecule has 2 N–H and O–H groups in total. The number of ether oxygens (including phenoxy) is 2. The van der Waals surface area contributed by atoms with E-state index in [4.69, 9.17) is 31.2 Å². The van der Waals surface area contributed by atoms with Gasteiger partial charge in [-0.1, -0.05) is 50.6 Å². The Morgan fingerprint density at radius 3 is 2.39 bits per heavy atom. The summed E-state index contributed by atoms with van der Waals surface area (Å²) < 4.78 is 18.2. The molecular formula is C22H32ClNO3Si. The molecule has 4 nitrogen and oxygen atoms in total. The summed E-state index contributed by atoms with van der Waals surface area (Å²) in [5.41, 5.74) is 7.34. The van der Waals surface area contributed by atoms with Crippen molar-refractivity contribution in [3.8, 4) is 11.5 Å². The van der Waals surface area contributed by atoms with E-state index in [0.717, 1.165) is 11.3 Å². The molecule has 6 heteroatoms. The van der Waals surface area contributed by atoms with Crippen molar-refractivity contribution < 1.29 is 13.9 Å². The minimum Gasteiger partial charge on any atom is -0.491 e. The molecule has 0 heterocycles. The van der Waals surface area contributed by atoms with Gasteiger partial charge in [0.25, 0.3) is 0 Å². The van der Waals surface area contributed by atoms with E-state index in [9.17, 15) is 0 Å². The second kappa shape index (κ2) is 9.20. The molecule has 28 heavy (non-hydrogen) atoms. The van der Waals surface area contributed by atoms with Crippen molar-refractivity contribution in [2.45, 2.75) is 51.9 Å². The number of para-hydroxylation sites is 1. The topological polar surface area (TPSA) is 53.7 Å². The summed E-state index contributed by atoms with van der Waals surface area (Å²) in [6.45, 7) is 14.3. The first-order chi connectivity index (χ1) is 13.0. The SMILES string of the molecule is CC(Oc1ccc(Cl)c(N)c1)c1ccccc1OCCO[Si](C)(C)C(C)(C)C. The van der Waals surface area contributed by atoms with Crippen LogP contribution in [-0.2, 0) is 4.43 Å². The highest BCUT2D eigenvalue weighted by atomic mass is 35.5. The maximum atomic E-state index is 6.19. The largest absolute Gasteiger partial charge is 0.491 e. The van der Waals surface area contributed by atoms with Crippen LogP contribution in [-0.4, -0.2) is 21.5 Å². The predicted molar refractivity (Wildman–Crippen MR) is 120 cm³/mol. The van der Waals surface area contributed by atoms with Gasteiger partial charge in [0.15, 0.2) is 8.32 Å². The fourth-order valence-electron chi connectivity index (χ4n) is 2.48. The van der Waals surface area contributed by atoms with Crippen molar-refractivity contribution >= 4 is 25.6 Å². The van der Waals surface area contributed by atoms with Gasteiger partial charge in [0, 0.05) is 11.6 Å². The molecule has 0 bridgehead atoms. The lowest BCUT2D eigenvalue weighted by molar-refractivity contribution is 0.190. The molecule has 0 saturated carbocycles. The smallest absolute Gasteiger partial charge is 0.192 e. The Balaban J connectivity index is 1.99. The van der Waals surface area contributed by atoms with Gasteiger partial charge in [-0.3, -0.25) is 0 Å². The van der Waals surface area contributed by atoms with Crippen molar-refractivity contribution in [2.75, 3.05) is 18.9 Å². The molecule has 154 valence electrons. The van der Waals surface area contributed by atoms with E-state index in [1.807, 2.05) is 37.3 Å². The van der Waals surface area contributed by atoms with E-state index in [2.05, 4.69) is 33.9 Å². The van der Waals surface area contributed by atoms with E-state index in [1.165, 1.54) is 0 Å². The zero-order valence-electron chi connectivity index (χ0n) is 17.7. The number of rotatable bonds is 8. The first-order valence-electron chi connectivity index (χ1n) is 9.58. The van der Waals surface area contributed by atoms with Crippen LogP contribution in [0.3, 0.4) is 0 Å². The molecule has 0 spiro atoms. The summed E-state index contributed by atoms with van der Waals surface area (Å²) in [6, 6.07) is 13.2. The van der Waals surface area contributed by atoms with Crippen LogP contribution in [0, 0.1) is 0 Å². The Bertz CT molecular complexity index is 790. The number of hydrogen-bond acceptors (Lipinski definition) is 4. The van der Waals surface area contributed by atoms with Gasteiger partial charge in [-0.2, -0.15) is 0 Å². The molecule has 0 aliphatic carbocycles. The Morgan fingerprint density at radius 2 is 1.75 bits per heavy atom. The van der Waals surface area contributed by atoms with Gasteiger partial charge in [0.2, 0.25) is 0 Å². The number of benzene rings is 2. The molecule has 0 aromatic heterocycles. The highest BCUT2D eigenvalue weighted by molar-refractivity contribution is 6.74. The first-order valence-corrected chi connectivity index (χ1v) is 12.9. The number of nitrogens with two attached hydrogens (primary N) is 1. The van der Waals surface area contributed by atoms with Gasteiger partial charge in [-0.05, 0) is 43.3 Å². The summed E-state index contributed by atoms with van der Waals surface area (Å²) in [7, 11) is -1.77. The molecule has 0 aliphatic heterocycles. The predicted octanol–water partition coefficient (Wildman–Crippen LogP) is 6.46. The molecule has 1 atom stereocenters. The lowest BCUT2D eigenvalue weighted by atomic mass is 10.1. The minimum absolute atomic E-state index is 0.188. The Hall–Kier alpha value is -1.69. The quantitative estimate of drug-likeness (QED) is 0.301. The molecule has 2 rings (SSSR count). The minimum atomic E-state index is -1.77. The van der Waals surface area contributed by atoms with E-state index in [1.54, 1.807) is 12.1 Å². The molecule has 2 aromatic rings. The maximum Gasteiger partial charge on any atom is 0.192 e. The van der Waals surface area contributed by atoms with Gasteiger partial charge in [0.05, 0.1) is 17.3 Å². The van der Waals surface area contributed by atoms with Crippen molar-refractivity contribution in [3.05, 3.63) is 53.1 Å². The summed E-state index contributed by atoms with van der Waals surface area (Å²) in [5.74, 6) is 1.47. The van der Waals surface area contributed by atoms with Crippen molar-refractivity contribution in [1.29, 1.82) is 0 Å². The second-order valence-corrected chi connectivity index (χ2v) is 13.7. The van der Waals surface area contributed by atoms with Gasteiger partial charge in [-0.25, -0.2) is 0 Å². The van der Waals surface area contributed by atoms with Crippen LogP contribution in [0.1, 0.15) is 39.4 Å². The van der Waals surface area contributed by atoms with E-state index in [0.29, 0.717) is 29.7 Å². The zero-order valence-corrected chi connectivity index (χ0v) is 19.5. The van der Waals surface area contributed by atoms with Crippen molar-refractivity contribution in [1.82, 2.24) is 0 Å². The number of nitrogen functional groups attached to an aromatic ring is 1. The normalized spacial score (nSPS) is 13.2. The molecule has 0 amide bonds. The van der Waals surface area contributed by atoms with Gasteiger partial charge >= 0.3 is 0 Å². The van der Waals surface area contributed by atoms with Crippen LogP contribution < -0.4 is 15.2 Å². The van der Waals surface area contributed by atoms with E-state index < -0.39 is 8.32 Å². The summed E-state index contributed by atoms with van der Waals surface area (Å²) in [5, 5.41) is 0.707. The highest BCUT2D eigenvalue weighted by Crippen LogP contribution is 2.36. The van der Waals surface area contributed by atoms with Gasteiger partial charge in [-0.15, -0.1) is 0 Å². The maximum absolute atomic E-state index is 6.19. The molecule has 1 unspecified atom stereocenters. The Labute approximate surface area is 175 Å². The fourth-order valence-corrected chi connectivity index (χ4v) is 3.62. The van der Waals surface area contributed by atoms with Gasteiger partial charge in [0.1, 0.15) is 24.2 Å². The third kappa shape index (κ3) is 5.90. The van der Waals surface area contributed by atoms with Gasteiger partial charge < -0.3 is 19.6 Å². The summed E-state index contributed by atoms with van der Waals surface area (Å²) in [4.78, 5) is 0. The van der Waals surface area contributed by atoms with E-state index >= 15 is 0 Å². The van der Waals surface area contributed by atoms with Crippen LogP contribution in [0.15, 0.2) is 42.5 Å². The van der Waals surface area contributed by atoms with Crippen molar-refractivity contribution in [2.24, 2.45) is 0 Å². The average Bonchev–Trinajstić information content (AvgIpc) is 2.61. The number of hydrogen-bond donors (Lipinski definition) is 1. The van der Waals surface area contributed by atoms with Crippen LogP contribution in [0.25, 0.3) is 0 Å². The zero-order chi connectivity index (χ0) is 20.9. The standard InChI is InChI=1S/C22H32ClNO3Si/c1-16(27-17-11-12-19(23)20(24)15-17)18-9-7-8-10-21(18)25-13-14-26-28(5,6)22(2,3)4/h7-12,15-16H,13-14,24H2,1-6H3. The Morgan fingerprint density at radius 1 is 1.07 bits per heavy atom. The summed E-state index contributed by atoms with van der Waals surface area (Å²) >= 11 is 5.98. The lowest BCUT2D eigenvalue weighted by Crippen LogP contribution is -2.41. The summed E-state index contributed by atoms with van der Waals surface area (Å²) in [6.07, 6.45) is -0.196. The van der Waals surface area contributed by atoms with E-state index in [-0.39, 0.29) is 11.1 Å². The highest BCUT2D eigenvalue weighted by Gasteiger charge is 2.36. The number of halogens is 1. The average molecular weight is 422 g/mol. The third-order valence-corrected chi connectivity index (χ3v) is 10.1. The second-order valence-electron chi connectivity index (χ2n) is 8.44. The molecule has 0 aliphatic rings. The van der Waals surface area contributed by atoms with Crippen LogP contribution >= 0.6 is 11.6 Å². The molecule has 0 fully saturated rings. The van der Waals surface area contributed by atoms with Crippen LogP contribution in [0.4, 0.5) is 5.69 Å². The monoisotopic (exact) mass is 421 g/mol. The molecular weight excluding hydrogens is 390 g/mol. The molecule has 0 radical (unpaired) electrons. The van der Waals surface area contributed by atoms with Crippen LogP contribution in [0.5, 0.6) is 11.5 Å².